The van der Waals surface area contributed by atoms with Crippen molar-refractivity contribution in [1.29, 1.82) is 0 Å². The number of nitrogens with two attached hydrogens (primary N) is 1. The smallest absolute Gasteiger partial charge is 0.326 e. The lowest BCUT2D eigenvalue weighted by atomic mass is 10.0. The highest BCUT2D eigenvalue weighted by atomic mass is 19.1. The number of amides is 1. The maximum absolute atomic E-state index is 13.5. The summed E-state index contributed by atoms with van der Waals surface area (Å²) in [5.74, 6) is -2.39. The van der Waals surface area contributed by atoms with E-state index in [0.717, 1.165) is 0 Å². The van der Waals surface area contributed by atoms with Crippen LogP contribution >= 0.6 is 0 Å². The van der Waals surface area contributed by atoms with E-state index in [2.05, 4.69) is 5.32 Å². The van der Waals surface area contributed by atoms with E-state index in [9.17, 15) is 14.0 Å². The third kappa shape index (κ3) is 4.31. The summed E-state index contributed by atoms with van der Waals surface area (Å²) in [6.45, 7) is 3.52. The van der Waals surface area contributed by atoms with Crippen LogP contribution in [0.1, 0.15) is 19.4 Å². The zero-order chi connectivity index (χ0) is 15.3. The van der Waals surface area contributed by atoms with E-state index in [1.165, 1.54) is 18.2 Å². The number of halogens is 1. The Kier molecular flexibility index (Phi) is 5.64. The van der Waals surface area contributed by atoms with E-state index < -0.39 is 29.8 Å². The third-order valence-corrected chi connectivity index (χ3v) is 3.02. The highest BCUT2D eigenvalue weighted by molar-refractivity contribution is 5.87. The molecule has 1 rings (SSSR count). The minimum Gasteiger partial charge on any atom is -0.480 e. The molecule has 6 heteroatoms. The molecule has 0 aliphatic heterocycles. The van der Waals surface area contributed by atoms with Crippen molar-refractivity contribution < 1.29 is 19.1 Å². The maximum Gasteiger partial charge on any atom is 0.326 e. The van der Waals surface area contributed by atoms with Crippen molar-refractivity contribution in [3.63, 3.8) is 0 Å². The number of carbonyl (C=O) groups excluding carboxylic acids is 1. The van der Waals surface area contributed by atoms with Crippen molar-refractivity contribution in [3.8, 4) is 0 Å². The number of carboxylic acid groups (broad SMARTS) is 1. The molecule has 1 aromatic rings. The van der Waals surface area contributed by atoms with Gasteiger partial charge in [-0.1, -0.05) is 32.0 Å². The van der Waals surface area contributed by atoms with E-state index in [0.29, 0.717) is 0 Å². The van der Waals surface area contributed by atoms with Gasteiger partial charge in [-0.2, -0.15) is 0 Å². The topological polar surface area (TPSA) is 92.4 Å². The molecule has 1 amide bonds. The summed E-state index contributed by atoms with van der Waals surface area (Å²) in [4.78, 5) is 22.9. The highest BCUT2D eigenvalue weighted by Gasteiger charge is 2.25. The molecular weight excluding hydrogens is 263 g/mol. The van der Waals surface area contributed by atoms with Crippen LogP contribution < -0.4 is 11.1 Å². The van der Waals surface area contributed by atoms with Crippen molar-refractivity contribution in [2.75, 3.05) is 0 Å². The summed E-state index contributed by atoms with van der Waals surface area (Å²) in [6.07, 6.45) is -0.126. The average Bonchev–Trinajstić information content (AvgIpc) is 2.38. The van der Waals surface area contributed by atoms with Gasteiger partial charge in [0, 0.05) is 6.42 Å². The number of hydrogen-bond acceptors (Lipinski definition) is 3. The molecule has 1 aromatic carbocycles. The number of rotatable bonds is 6. The second kappa shape index (κ2) is 7.00. The van der Waals surface area contributed by atoms with E-state index in [1.807, 2.05) is 0 Å². The molecule has 0 heterocycles. The first-order chi connectivity index (χ1) is 9.32. The summed E-state index contributed by atoms with van der Waals surface area (Å²) in [7, 11) is 0. The fraction of sp³-hybridized carbons (Fsp3) is 0.429. The minimum atomic E-state index is -1.22. The van der Waals surface area contributed by atoms with E-state index in [-0.39, 0.29) is 17.9 Å². The lowest BCUT2D eigenvalue weighted by Gasteiger charge is -2.20. The van der Waals surface area contributed by atoms with Crippen LogP contribution in [0.15, 0.2) is 24.3 Å². The number of benzene rings is 1. The largest absolute Gasteiger partial charge is 0.480 e. The molecule has 0 saturated heterocycles. The molecule has 0 aromatic heterocycles. The Morgan fingerprint density at radius 2 is 1.95 bits per heavy atom. The van der Waals surface area contributed by atoms with Gasteiger partial charge in [-0.05, 0) is 17.5 Å². The molecule has 0 saturated carbocycles. The summed E-state index contributed by atoms with van der Waals surface area (Å²) in [5.41, 5.74) is 5.89. The number of nitrogens with one attached hydrogen (secondary N) is 1. The summed E-state index contributed by atoms with van der Waals surface area (Å²) in [5, 5.41) is 11.5. The molecule has 0 spiro atoms. The summed E-state index contributed by atoms with van der Waals surface area (Å²) < 4.78 is 13.5. The number of aliphatic carboxylic acids is 1. The van der Waals surface area contributed by atoms with Crippen molar-refractivity contribution in [2.24, 2.45) is 11.7 Å². The van der Waals surface area contributed by atoms with Crippen LogP contribution in [0, 0.1) is 11.7 Å². The van der Waals surface area contributed by atoms with Crippen molar-refractivity contribution in [2.45, 2.75) is 32.4 Å². The predicted molar refractivity (Wildman–Crippen MR) is 72.5 cm³/mol. The van der Waals surface area contributed by atoms with Gasteiger partial charge in [0.2, 0.25) is 5.91 Å². The maximum atomic E-state index is 13.5. The SMILES string of the molecule is CC(C)C(N)C(=O)NC(Cc1ccccc1F)C(=O)O. The normalized spacial score (nSPS) is 13.8. The van der Waals surface area contributed by atoms with Crippen LogP contribution in [0.3, 0.4) is 0 Å². The Balaban J connectivity index is 2.79. The van der Waals surface area contributed by atoms with Gasteiger partial charge in [0.15, 0.2) is 0 Å². The van der Waals surface area contributed by atoms with Gasteiger partial charge in [-0.25, -0.2) is 9.18 Å². The molecule has 0 bridgehead atoms. The Labute approximate surface area is 117 Å². The zero-order valence-corrected chi connectivity index (χ0v) is 11.5. The fourth-order valence-electron chi connectivity index (χ4n) is 1.65. The number of hydrogen-bond donors (Lipinski definition) is 3. The van der Waals surface area contributed by atoms with Crippen molar-refractivity contribution >= 4 is 11.9 Å². The van der Waals surface area contributed by atoms with Gasteiger partial charge in [0.25, 0.3) is 0 Å². The van der Waals surface area contributed by atoms with Gasteiger partial charge < -0.3 is 16.2 Å². The molecule has 110 valence electrons. The molecule has 20 heavy (non-hydrogen) atoms. The van der Waals surface area contributed by atoms with Crippen LogP contribution in [0.4, 0.5) is 4.39 Å². The Bertz CT molecular complexity index is 491. The second-order valence-electron chi connectivity index (χ2n) is 4.96. The van der Waals surface area contributed by atoms with Gasteiger partial charge in [-0.3, -0.25) is 4.79 Å². The molecule has 5 nitrogen and oxygen atoms in total. The molecule has 0 radical (unpaired) electrons. The fourth-order valence-corrected chi connectivity index (χ4v) is 1.65. The lowest BCUT2D eigenvalue weighted by Crippen LogP contribution is -2.51. The number of carbonyl (C=O) groups is 2. The van der Waals surface area contributed by atoms with Crippen LogP contribution in [0.5, 0.6) is 0 Å². The first-order valence-electron chi connectivity index (χ1n) is 6.35. The van der Waals surface area contributed by atoms with Gasteiger partial charge in [-0.15, -0.1) is 0 Å². The molecule has 0 fully saturated rings. The highest BCUT2D eigenvalue weighted by Crippen LogP contribution is 2.10. The first kappa shape index (κ1) is 16.1. The minimum absolute atomic E-state index is 0.113. The van der Waals surface area contributed by atoms with E-state index in [1.54, 1.807) is 19.9 Å². The quantitative estimate of drug-likeness (QED) is 0.723. The van der Waals surface area contributed by atoms with Crippen molar-refractivity contribution in [3.05, 3.63) is 35.6 Å². The van der Waals surface area contributed by atoms with Gasteiger partial charge in [0.1, 0.15) is 11.9 Å². The Hall–Kier alpha value is -1.95. The van der Waals surface area contributed by atoms with Gasteiger partial charge in [0.05, 0.1) is 6.04 Å². The van der Waals surface area contributed by atoms with Gasteiger partial charge >= 0.3 is 5.97 Å². The molecule has 0 aliphatic carbocycles. The molecular formula is C14H19FN2O3. The van der Waals surface area contributed by atoms with Crippen LogP contribution in [-0.4, -0.2) is 29.1 Å². The molecule has 2 unspecified atom stereocenters. The standard InChI is InChI=1S/C14H19FN2O3/c1-8(2)12(16)13(18)17-11(14(19)20)7-9-5-3-4-6-10(9)15/h3-6,8,11-12H,7,16H2,1-2H3,(H,17,18)(H,19,20). The van der Waals surface area contributed by atoms with Crippen LogP contribution in [0.25, 0.3) is 0 Å². The first-order valence-corrected chi connectivity index (χ1v) is 6.35. The molecule has 0 aliphatic rings. The predicted octanol–water partition coefficient (Wildman–Crippen LogP) is 0.921. The Morgan fingerprint density at radius 3 is 2.45 bits per heavy atom. The average molecular weight is 282 g/mol. The third-order valence-electron chi connectivity index (χ3n) is 3.02. The Morgan fingerprint density at radius 1 is 1.35 bits per heavy atom. The monoisotopic (exact) mass is 282 g/mol. The number of carboxylic acids is 1. The lowest BCUT2D eigenvalue weighted by molar-refractivity contribution is -0.142. The summed E-state index contributed by atoms with van der Waals surface area (Å²) >= 11 is 0. The second-order valence-corrected chi connectivity index (χ2v) is 4.96. The molecule has 2 atom stereocenters. The van der Waals surface area contributed by atoms with Crippen LogP contribution in [0.2, 0.25) is 0 Å². The van der Waals surface area contributed by atoms with E-state index in [4.69, 9.17) is 10.8 Å². The van der Waals surface area contributed by atoms with Crippen molar-refractivity contribution in [1.82, 2.24) is 5.32 Å². The zero-order valence-electron chi connectivity index (χ0n) is 11.5. The van der Waals surface area contributed by atoms with Crippen LogP contribution in [-0.2, 0) is 16.0 Å². The molecule has 4 N–H and O–H groups in total. The van der Waals surface area contributed by atoms with E-state index >= 15 is 0 Å². The summed E-state index contributed by atoms with van der Waals surface area (Å²) in [6, 6.07) is 3.86.